The fourth-order valence-corrected chi connectivity index (χ4v) is 1.98. The number of methoxy groups -OCH3 is 1. The third-order valence-electron chi connectivity index (χ3n) is 2.73. The molecule has 5 heteroatoms. The molecule has 0 fully saturated rings. The van der Waals surface area contributed by atoms with Crippen LogP contribution in [0.3, 0.4) is 0 Å². The van der Waals surface area contributed by atoms with Crippen molar-refractivity contribution in [1.29, 1.82) is 0 Å². The minimum Gasteiger partial charge on any atom is -0.495 e. The molecule has 1 unspecified atom stereocenters. The average Bonchev–Trinajstić information content (AvgIpc) is 2.39. The lowest BCUT2D eigenvalue weighted by Gasteiger charge is -2.15. The molecule has 19 heavy (non-hydrogen) atoms. The summed E-state index contributed by atoms with van der Waals surface area (Å²) in [5, 5.41) is 3.78. The number of nitrogens with one attached hydrogen (secondary N) is 1. The lowest BCUT2D eigenvalue weighted by molar-refractivity contribution is 0.415. The topological polar surface area (TPSA) is 34.1 Å². The highest BCUT2D eigenvalue weighted by Crippen LogP contribution is 2.28. The Morgan fingerprint density at radius 3 is 2.68 bits per heavy atom. The van der Waals surface area contributed by atoms with E-state index in [-0.39, 0.29) is 11.9 Å². The molecular weight excluding hydrogens is 267 g/mol. The predicted molar refractivity (Wildman–Crippen MR) is 74.2 cm³/mol. The highest BCUT2D eigenvalue weighted by atomic mass is 35.5. The molecule has 100 valence electrons. The monoisotopic (exact) mass is 280 g/mol. The van der Waals surface area contributed by atoms with Crippen LogP contribution < -0.4 is 10.1 Å². The van der Waals surface area contributed by atoms with Crippen molar-refractivity contribution in [2.24, 2.45) is 0 Å². The Labute approximate surface area is 116 Å². The molecule has 0 bridgehead atoms. The van der Waals surface area contributed by atoms with Gasteiger partial charge in [0.15, 0.2) is 0 Å². The summed E-state index contributed by atoms with van der Waals surface area (Å²) in [5.74, 6) is 0.281. The fraction of sp³-hybridized carbons (Fsp3) is 0.214. The highest BCUT2D eigenvalue weighted by Gasteiger charge is 2.08. The number of aromatic nitrogens is 1. The molecule has 0 saturated carbocycles. The van der Waals surface area contributed by atoms with Gasteiger partial charge in [-0.3, -0.25) is 4.98 Å². The summed E-state index contributed by atoms with van der Waals surface area (Å²) in [6.07, 6.45) is 1.20. The number of nitrogens with zero attached hydrogens (tertiary/aromatic N) is 1. The first-order valence-corrected chi connectivity index (χ1v) is 6.19. The van der Waals surface area contributed by atoms with E-state index in [2.05, 4.69) is 10.3 Å². The van der Waals surface area contributed by atoms with Crippen molar-refractivity contribution in [2.75, 3.05) is 12.4 Å². The molecule has 0 amide bonds. The Hall–Kier alpha value is -1.81. The average molecular weight is 281 g/mol. The van der Waals surface area contributed by atoms with Crippen molar-refractivity contribution < 1.29 is 9.13 Å². The summed E-state index contributed by atoms with van der Waals surface area (Å²) in [7, 11) is 1.57. The second kappa shape index (κ2) is 5.89. The molecule has 0 radical (unpaired) electrons. The van der Waals surface area contributed by atoms with E-state index in [1.807, 2.05) is 13.0 Å². The van der Waals surface area contributed by atoms with Gasteiger partial charge in [-0.05, 0) is 37.3 Å². The lowest BCUT2D eigenvalue weighted by atomic mass is 10.2. The number of hydrogen-bond donors (Lipinski definition) is 1. The van der Waals surface area contributed by atoms with E-state index < -0.39 is 0 Å². The normalized spacial score (nSPS) is 12.0. The molecule has 1 aromatic heterocycles. The fourth-order valence-electron chi connectivity index (χ4n) is 1.72. The molecule has 2 aromatic rings. The molecule has 1 atom stereocenters. The predicted octanol–water partition coefficient (Wildman–Crippen LogP) is 4.06. The van der Waals surface area contributed by atoms with Gasteiger partial charge in [0.1, 0.15) is 11.6 Å². The van der Waals surface area contributed by atoms with Crippen molar-refractivity contribution in [2.45, 2.75) is 13.0 Å². The molecule has 0 aliphatic rings. The SMILES string of the molecule is COc1ccc(NC(C)c2ccc(F)cn2)cc1Cl. The van der Waals surface area contributed by atoms with Crippen molar-refractivity contribution in [1.82, 2.24) is 4.98 Å². The Morgan fingerprint density at radius 2 is 2.11 bits per heavy atom. The van der Waals surface area contributed by atoms with Crippen LogP contribution in [0.5, 0.6) is 5.75 Å². The molecule has 0 aliphatic heterocycles. The van der Waals surface area contributed by atoms with Crippen LogP contribution in [0, 0.1) is 5.82 Å². The molecule has 1 aromatic carbocycles. The molecular formula is C14H14ClFN2O. The van der Waals surface area contributed by atoms with E-state index in [1.165, 1.54) is 12.3 Å². The second-order valence-electron chi connectivity index (χ2n) is 4.12. The minimum absolute atomic E-state index is 0.0509. The Morgan fingerprint density at radius 1 is 1.32 bits per heavy atom. The van der Waals surface area contributed by atoms with E-state index in [1.54, 1.807) is 25.3 Å². The van der Waals surface area contributed by atoms with Gasteiger partial charge < -0.3 is 10.1 Å². The first-order valence-electron chi connectivity index (χ1n) is 5.81. The van der Waals surface area contributed by atoms with Crippen LogP contribution in [0.15, 0.2) is 36.5 Å². The number of hydrogen-bond acceptors (Lipinski definition) is 3. The van der Waals surface area contributed by atoms with Crippen LogP contribution in [0.4, 0.5) is 10.1 Å². The number of rotatable bonds is 4. The maximum absolute atomic E-state index is 12.8. The lowest BCUT2D eigenvalue weighted by Crippen LogP contribution is -2.08. The summed E-state index contributed by atoms with van der Waals surface area (Å²) in [6.45, 7) is 1.94. The summed E-state index contributed by atoms with van der Waals surface area (Å²) >= 11 is 6.05. The van der Waals surface area contributed by atoms with Crippen LogP contribution >= 0.6 is 11.6 Å². The number of pyridine rings is 1. The van der Waals surface area contributed by atoms with Gasteiger partial charge in [-0.1, -0.05) is 11.6 Å². The van der Waals surface area contributed by atoms with Crippen LogP contribution in [0.1, 0.15) is 18.7 Å². The molecule has 0 aliphatic carbocycles. The van der Waals surface area contributed by atoms with Crippen molar-refractivity contribution in [3.63, 3.8) is 0 Å². The van der Waals surface area contributed by atoms with Crippen molar-refractivity contribution in [3.8, 4) is 5.75 Å². The summed E-state index contributed by atoms with van der Waals surface area (Å²) in [5.41, 5.74) is 1.61. The van der Waals surface area contributed by atoms with Gasteiger partial charge in [-0.15, -0.1) is 0 Å². The minimum atomic E-state index is -0.344. The van der Waals surface area contributed by atoms with Crippen molar-refractivity contribution >= 4 is 17.3 Å². The number of halogens is 2. The van der Waals surface area contributed by atoms with Crippen LogP contribution in [-0.4, -0.2) is 12.1 Å². The van der Waals surface area contributed by atoms with Gasteiger partial charge >= 0.3 is 0 Å². The van der Waals surface area contributed by atoms with E-state index in [0.717, 1.165) is 11.4 Å². The van der Waals surface area contributed by atoms with Gasteiger partial charge in [0.2, 0.25) is 0 Å². The number of ether oxygens (including phenoxy) is 1. The quantitative estimate of drug-likeness (QED) is 0.917. The highest BCUT2D eigenvalue weighted by molar-refractivity contribution is 6.32. The number of anilines is 1. The standard InChI is InChI=1S/C14H14ClFN2O/c1-9(13-5-3-10(16)8-17-13)18-11-4-6-14(19-2)12(15)7-11/h3-9,18H,1-2H3. The molecule has 1 N–H and O–H groups in total. The van der Waals surface area contributed by atoms with Crippen LogP contribution in [0.25, 0.3) is 0 Å². The maximum Gasteiger partial charge on any atom is 0.141 e. The molecule has 2 rings (SSSR count). The van der Waals surface area contributed by atoms with Crippen molar-refractivity contribution in [3.05, 3.63) is 53.1 Å². The van der Waals surface area contributed by atoms with Gasteiger partial charge in [0.25, 0.3) is 0 Å². The van der Waals surface area contributed by atoms with Gasteiger partial charge in [0, 0.05) is 5.69 Å². The summed E-state index contributed by atoms with van der Waals surface area (Å²) < 4.78 is 17.9. The molecule has 0 saturated heterocycles. The third-order valence-corrected chi connectivity index (χ3v) is 3.02. The number of benzene rings is 1. The molecule has 0 spiro atoms. The van der Waals surface area contributed by atoms with Crippen LogP contribution in [-0.2, 0) is 0 Å². The van der Waals surface area contributed by atoms with Gasteiger partial charge in [0.05, 0.1) is 30.1 Å². The zero-order chi connectivity index (χ0) is 13.8. The van der Waals surface area contributed by atoms with Crippen LogP contribution in [0.2, 0.25) is 5.02 Å². The molecule has 3 nitrogen and oxygen atoms in total. The first-order chi connectivity index (χ1) is 9.10. The van der Waals surface area contributed by atoms with Gasteiger partial charge in [-0.2, -0.15) is 0 Å². The Balaban J connectivity index is 2.12. The van der Waals surface area contributed by atoms with E-state index in [0.29, 0.717) is 10.8 Å². The third kappa shape index (κ3) is 3.35. The van der Waals surface area contributed by atoms with E-state index >= 15 is 0 Å². The van der Waals surface area contributed by atoms with E-state index in [9.17, 15) is 4.39 Å². The summed E-state index contributed by atoms with van der Waals surface area (Å²) in [6, 6.07) is 8.42. The first kappa shape index (κ1) is 13.6. The zero-order valence-electron chi connectivity index (χ0n) is 10.7. The largest absolute Gasteiger partial charge is 0.495 e. The molecule has 1 heterocycles. The second-order valence-corrected chi connectivity index (χ2v) is 4.52. The maximum atomic E-state index is 12.8. The Kier molecular flexibility index (Phi) is 4.22. The van der Waals surface area contributed by atoms with Gasteiger partial charge in [-0.25, -0.2) is 4.39 Å². The Bertz CT molecular complexity index is 560. The zero-order valence-corrected chi connectivity index (χ0v) is 11.4. The summed E-state index contributed by atoms with van der Waals surface area (Å²) in [4.78, 5) is 4.04. The van der Waals surface area contributed by atoms with E-state index in [4.69, 9.17) is 16.3 Å². The smallest absolute Gasteiger partial charge is 0.141 e.